The van der Waals surface area contributed by atoms with E-state index in [0.717, 1.165) is 23.7 Å². The molecule has 8 nitrogen and oxygen atoms in total. The molecule has 0 bridgehead atoms. The van der Waals surface area contributed by atoms with E-state index in [-0.39, 0.29) is 17.8 Å². The van der Waals surface area contributed by atoms with E-state index in [1.807, 2.05) is 38.1 Å². The average molecular weight is 449 g/mol. The quantitative estimate of drug-likeness (QED) is 0.480. The third-order valence-electron chi connectivity index (χ3n) is 5.57. The zero-order chi connectivity index (χ0) is 22.9. The van der Waals surface area contributed by atoms with Crippen LogP contribution in [0.5, 0.6) is 5.75 Å². The standard InChI is InChI=1S/C24H25FN6O2/c1-14(2)33-20-11-10-15(13-17(20)25)21-29-22-16-7-3-4-8-18(16)27-24(31(22)30-21)28-19-9-5-6-12-26-23(19)32/h3-4,7-8,10-11,13-14,19H,5-6,9,12H2,1-2H3,(H,26,32)(H,27,28)/t19-/m1/s1. The van der Waals surface area contributed by atoms with Gasteiger partial charge in [-0.3, -0.25) is 4.79 Å². The summed E-state index contributed by atoms with van der Waals surface area (Å²) < 4.78 is 21.7. The van der Waals surface area contributed by atoms with Crippen molar-refractivity contribution in [2.45, 2.75) is 45.3 Å². The highest BCUT2D eigenvalue weighted by Crippen LogP contribution is 2.28. The highest BCUT2D eigenvalue weighted by molar-refractivity contribution is 5.93. The number of rotatable bonds is 5. The molecule has 170 valence electrons. The second kappa shape index (κ2) is 8.65. The molecule has 0 aliphatic carbocycles. The topological polar surface area (TPSA) is 93.4 Å². The van der Waals surface area contributed by atoms with E-state index in [4.69, 9.17) is 14.7 Å². The Kier molecular flexibility index (Phi) is 5.53. The first-order chi connectivity index (χ1) is 16.0. The van der Waals surface area contributed by atoms with Crippen LogP contribution in [-0.4, -0.2) is 44.2 Å². The number of hydrogen-bond donors (Lipinski definition) is 2. The summed E-state index contributed by atoms with van der Waals surface area (Å²) in [5.74, 6) is 0.433. The first-order valence-electron chi connectivity index (χ1n) is 11.2. The Bertz CT molecular complexity index is 1340. The molecule has 0 unspecified atom stereocenters. The lowest BCUT2D eigenvalue weighted by Crippen LogP contribution is -2.38. The molecule has 1 atom stereocenters. The van der Waals surface area contributed by atoms with Crippen molar-refractivity contribution in [1.29, 1.82) is 0 Å². The number of halogens is 1. The van der Waals surface area contributed by atoms with Crippen LogP contribution in [0.25, 0.3) is 27.9 Å². The highest BCUT2D eigenvalue weighted by atomic mass is 19.1. The molecule has 2 N–H and O–H groups in total. The second-order valence-corrected chi connectivity index (χ2v) is 8.42. The normalized spacial score (nSPS) is 16.7. The molecule has 0 radical (unpaired) electrons. The van der Waals surface area contributed by atoms with Crippen LogP contribution >= 0.6 is 0 Å². The molecule has 1 fully saturated rings. The SMILES string of the molecule is CC(C)Oc1ccc(-c2nc3c4ccccc4nc(N[C@@H]4CCCCNC4=O)n3n2)cc1F. The number of carbonyl (C=O) groups excluding carboxylic acids is 1. The summed E-state index contributed by atoms with van der Waals surface area (Å²) in [6.07, 6.45) is 2.44. The summed E-state index contributed by atoms with van der Waals surface area (Å²) in [5.41, 5.74) is 1.83. The molecule has 1 amide bonds. The summed E-state index contributed by atoms with van der Waals surface area (Å²) in [6, 6.07) is 11.9. The number of anilines is 1. The van der Waals surface area contributed by atoms with Gasteiger partial charge in [-0.15, -0.1) is 5.10 Å². The average Bonchev–Trinajstić information content (AvgIpc) is 3.15. The Labute approximate surface area is 190 Å². The van der Waals surface area contributed by atoms with Gasteiger partial charge in [0.05, 0.1) is 11.6 Å². The number of carbonyl (C=O) groups is 1. The second-order valence-electron chi connectivity index (χ2n) is 8.42. The maximum absolute atomic E-state index is 14.6. The molecule has 9 heteroatoms. The molecule has 0 saturated carbocycles. The molecular formula is C24H25FN6O2. The van der Waals surface area contributed by atoms with E-state index >= 15 is 0 Å². The van der Waals surface area contributed by atoms with Crippen molar-refractivity contribution in [3.63, 3.8) is 0 Å². The van der Waals surface area contributed by atoms with Gasteiger partial charge in [-0.25, -0.2) is 14.4 Å². The van der Waals surface area contributed by atoms with Crippen molar-refractivity contribution in [1.82, 2.24) is 24.9 Å². The van der Waals surface area contributed by atoms with E-state index in [2.05, 4.69) is 15.7 Å². The van der Waals surface area contributed by atoms with E-state index < -0.39 is 11.9 Å². The van der Waals surface area contributed by atoms with Crippen LogP contribution in [0.1, 0.15) is 33.1 Å². The fraction of sp³-hybridized carbons (Fsp3) is 0.333. The lowest BCUT2D eigenvalue weighted by Gasteiger charge is -2.16. The fourth-order valence-electron chi connectivity index (χ4n) is 3.99. The number of nitrogens with one attached hydrogen (secondary N) is 2. The van der Waals surface area contributed by atoms with Crippen molar-refractivity contribution < 1.29 is 13.9 Å². The smallest absolute Gasteiger partial charge is 0.242 e. The summed E-state index contributed by atoms with van der Waals surface area (Å²) >= 11 is 0. The van der Waals surface area contributed by atoms with Gasteiger partial charge in [-0.1, -0.05) is 12.1 Å². The molecule has 33 heavy (non-hydrogen) atoms. The van der Waals surface area contributed by atoms with Crippen LogP contribution in [0.2, 0.25) is 0 Å². The molecule has 1 aliphatic rings. The molecule has 5 rings (SSSR count). The number of ether oxygens (including phenoxy) is 1. The van der Waals surface area contributed by atoms with Gasteiger partial charge in [0.2, 0.25) is 11.9 Å². The van der Waals surface area contributed by atoms with Gasteiger partial charge < -0.3 is 15.4 Å². The Morgan fingerprint density at radius 1 is 1.18 bits per heavy atom. The van der Waals surface area contributed by atoms with Gasteiger partial charge >= 0.3 is 0 Å². The predicted molar refractivity (Wildman–Crippen MR) is 124 cm³/mol. The molecule has 3 heterocycles. The van der Waals surface area contributed by atoms with Gasteiger partial charge in [0, 0.05) is 17.5 Å². The van der Waals surface area contributed by atoms with Crippen LogP contribution < -0.4 is 15.4 Å². The van der Waals surface area contributed by atoms with Crippen LogP contribution in [-0.2, 0) is 4.79 Å². The van der Waals surface area contributed by atoms with Crippen molar-refractivity contribution in [2.75, 3.05) is 11.9 Å². The Morgan fingerprint density at radius 2 is 2.03 bits per heavy atom. The third kappa shape index (κ3) is 4.18. The first kappa shape index (κ1) is 21.1. The van der Waals surface area contributed by atoms with Gasteiger partial charge in [-0.05, 0) is 63.4 Å². The number of aromatic nitrogens is 4. The lowest BCUT2D eigenvalue weighted by atomic mass is 10.1. The van der Waals surface area contributed by atoms with E-state index in [1.165, 1.54) is 6.07 Å². The number of nitrogens with zero attached hydrogens (tertiary/aromatic N) is 4. The Hall–Kier alpha value is -3.75. The predicted octanol–water partition coefficient (Wildman–Crippen LogP) is 3.95. The number of hydrogen-bond acceptors (Lipinski definition) is 6. The van der Waals surface area contributed by atoms with Crippen LogP contribution in [0.4, 0.5) is 10.3 Å². The van der Waals surface area contributed by atoms with Crippen LogP contribution in [0, 0.1) is 5.82 Å². The molecule has 4 aromatic rings. The minimum absolute atomic E-state index is 0.0567. The molecule has 1 saturated heterocycles. The minimum Gasteiger partial charge on any atom is -0.488 e. The van der Waals surface area contributed by atoms with Gasteiger partial charge in [0.15, 0.2) is 23.0 Å². The van der Waals surface area contributed by atoms with Crippen molar-refractivity contribution in [3.05, 3.63) is 48.3 Å². The van der Waals surface area contributed by atoms with E-state index in [1.54, 1.807) is 16.6 Å². The number of para-hydroxylation sites is 1. The Morgan fingerprint density at radius 3 is 2.85 bits per heavy atom. The van der Waals surface area contributed by atoms with Crippen LogP contribution in [0.3, 0.4) is 0 Å². The van der Waals surface area contributed by atoms with Gasteiger partial charge in [-0.2, -0.15) is 4.52 Å². The van der Waals surface area contributed by atoms with Gasteiger partial charge in [0.25, 0.3) is 0 Å². The van der Waals surface area contributed by atoms with Crippen molar-refractivity contribution in [3.8, 4) is 17.1 Å². The maximum atomic E-state index is 14.6. The molecule has 2 aromatic heterocycles. The van der Waals surface area contributed by atoms with E-state index in [9.17, 15) is 9.18 Å². The largest absolute Gasteiger partial charge is 0.488 e. The summed E-state index contributed by atoms with van der Waals surface area (Å²) in [7, 11) is 0. The molecule has 2 aromatic carbocycles. The first-order valence-corrected chi connectivity index (χ1v) is 11.2. The third-order valence-corrected chi connectivity index (χ3v) is 5.57. The number of amides is 1. The fourth-order valence-corrected chi connectivity index (χ4v) is 3.99. The van der Waals surface area contributed by atoms with E-state index in [0.29, 0.717) is 35.9 Å². The highest BCUT2D eigenvalue weighted by Gasteiger charge is 2.23. The lowest BCUT2D eigenvalue weighted by molar-refractivity contribution is -0.121. The summed E-state index contributed by atoms with van der Waals surface area (Å²) in [6.45, 7) is 4.36. The number of benzene rings is 2. The van der Waals surface area contributed by atoms with Crippen molar-refractivity contribution >= 4 is 28.4 Å². The molecular weight excluding hydrogens is 423 g/mol. The van der Waals surface area contributed by atoms with Crippen LogP contribution in [0.15, 0.2) is 42.5 Å². The minimum atomic E-state index is -0.475. The molecule has 0 spiro atoms. The zero-order valence-electron chi connectivity index (χ0n) is 18.5. The zero-order valence-corrected chi connectivity index (χ0v) is 18.5. The maximum Gasteiger partial charge on any atom is 0.242 e. The summed E-state index contributed by atoms with van der Waals surface area (Å²) in [5, 5.41) is 11.6. The molecule has 1 aliphatic heterocycles. The van der Waals surface area contributed by atoms with Crippen molar-refractivity contribution in [2.24, 2.45) is 0 Å². The monoisotopic (exact) mass is 448 g/mol. The number of fused-ring (bicyclic) bond motifs is 3. The Balaban J connectivity index is 1.60. The summed E-state index contributed by atoms with van der Waals surface area (Å²) in [4.78, 5) is 21.9. The van der Waals surface area contributed by atoms with Gasteiger partial charge in [0.1, 0.15) is 6.04 Å².